The molecule has 7 nitrogen and oxygen atoms in total. The molecule has 0 aliphatic heterocycles. The van der Waals surface area contributed by atoms with Crippen LogP contribution < -0.4 is 5.73 Å². The number of nitrogens with two attached hydrogens (primary N) is 1. The van der Waals surface area contributed by atoms with E-state index in [-0.39, 0.29) is 0 Å². The fourth-order valence-electron chi connectivity index (χ4n) is 2.45. The number of thiazole rings is 1. The van der Waals surface area contributed by atoms with Gasteiger partial charge in [-0.15, -0.1) is 21.5 Å². The molecule has 25 heavy (non-hydrogen) atoms. The number of fused-ring (bicyclic) bond motifs is 2. The Morgan fingerprint density at radius 1 is 1.28 bits per heavy atom. The Hall–Kier alpha value is -2.78. The summed E-state index contributed by atoms with van der Waals surface area (Å²) in [4.78, 5) is 5.43. The summed E-state index contributed by atoms with van der Waals surface area (Å²) >= 11 is 3.13. The van der Waals surface area contributed by atoms with Crippen LogP contribution in [0.2, 0.25) is 0 Å². The second-order valence-corrected chi connectivity index (χ2v) is 7.09. The Bertz CT molecular complexity index is 1130. The van der Waals surface area contributed by atoms with E-state index in [1.165, 1.54) is 34.4 Å². The van der Waals surface area contributed by atoms with Crippen LogP contribution in [0.15, 0.2) is 46.0 Å². The van der Waals surface area contributed by atoms with E-state index >= 15 is 0 Å². The van der Waals surface area contributed by atoms with Crippen molar-refractivity contribution < 1.29 is 0 Å². The van der Waals surface area contributed by atoms with E-state index in [9.17, 15) is 0 Å². The van der Waals surface area contributed by atoms with Crippen molar-refractivity contribution in [1.29, 1.82) is 5.41 Å². The molecule has 4 aromatic rings. The van der Waals surface area contributed by atoms with Crippen molar-refractivity contribution in [1.82, 2.24) is 24.8 Å². The van der Waals surface area contributed by atoms with Gasteiger partial charge in [-0.25, -0.2) is 4.98 Å². The summed E-state index contributed by atoms with van der Waals surface area (Å²) in [6, 6.07) is 7.63. The third-order valence-electron chi connectivity index (χ3n) is 3.76. The first kappa shape index (κ1) is 15.7. The number of rotatable bonds is 4. The van der Waals surface area contributed by atoms with Crippen LogP contribution in [-0.4, -0.2) is 31.0 Å². The summed E-state index contributed by atoms with van der Waals surface area (Å²) in [6.45, 7) is 2.08. The molecule has 0 aliphatic rings. The van der Waals surface area contributed by atoms with E-state index in [0.29, 0.717) is 22.1 Å². The van der Waals surface area contributed by atoms with Crippen LogP contribution in [0.1, 0.15) is 11.3 Å². The van der Waals surface area contributed by atoms with E-state index in [1.807, 2.05) is 23.7 Å². The summed E-state index contributed by atoms with van der Waals surface area (Å²) in [7, 11) is 0. The van der Waals surface area contributed by atoms with Gasteiger partial charge in [0.25, 0.3) is 0 Å². The molecule has 0 amide bonds. The maximum atomic E-state index is 7.43. The number of nitrogens with one attached hydrogen (secondary N) is 1. The Kier molecular flexibility index (Phi) is 3.94. The zero-order valence-electron chi connectivity index (χ0n) is 13.2. The molecule has 0 aliphatic carbocycles. The van der Waals surface area contributed by atoms with Crippen molar-refractivity contribution in [3.8, 4) is 0 Å². The molecule has 0 unspecified atom stereocenters. The van der Waals surface area contributed by atoms with Crippen molar-refractivity contribution >= 4 is 50.8 Å². The fourth-order valence-corrected chi connectivity index (χ4v) is 4.20. The van der Waals surface area contributed by atoms with Crippen LogP contribution in [0.4, 0.5) is 0 Å². The largest absolute Gasteiger partial charge is 0.404 e. The summed E-state index contributed by atoms with van der Waals surface area (Å²) in [5.41, 5.74) is 11.4. The van der Waals surface area contributed by atoms with Crippen molar-refractivity contribution in [2.24, 2.45) is 5.73 Å². The predicted octanol–water partition coefficient (Wildman–Crippen LogP) is 3.14. The number of aryl methyl sites for hydroxylation is 1. The highest BCUT2D eigenvalue weighted by molar-refractivity contribution is 7.99. The van der Waals surface area contributed by atoms with Crippen LogP contribution in [0.25, 0.3) is 21.4 Å². The second kappa shape index (κ2) is 6.26. The number of hydrogen-bond acceptors (Lipinski definition) is 8. The molecule has 0 atom stereocenters. The summed E-state index contributed by atoms with van der Waals surface area (Å²) in [5.74, 6) is 0. The quantitative estimate of drug-likeness (QED) is 0.537. The number of aromatic nitrogens is 5. The van der Waals surface area contributed by atoms with E-state index in [0.717, 1.165) is 10.4 Å². The molecule has 1 aromatic carbocycles. The highest BCUT2D eigenvalue weighted by Gasteiger charge is 2.13. The predicted molar refractivity (Wildman–Crippen MR) is 100 cm³/mol. The smallest absolute Gasteiger partial charge is 0.217 e. The van der Waals surface area contributed by atoms with Crippen molar-refractivity contribution in [3.63, 3.8) is 0 Å². The Morgan fingerprint density at radius 2 is 2.16 bits per heavy atom. The minimum absolute atomic E-state index is 0.536. The maximum absolute atomic E-state index is 7.43. The fraction of sp³-hybridized carbons (Fsp3) is 0.0625. The van der Waals surface area contributed by atoms with E-state index < -0.39 is 0 Å². The second-order valence-electron chi connectivity index (χ2n) is 5.23. The van der Waals surface area contributed by atoms with Gasteiger partial charge < -0.3 is 11.1 Å². The number of benzene rings is 1. The third kappa shape index (κ3) is 2.67. The molecule has 3 aromatic heterocycles. The van der Waals surface area contributed by atoms with Crippen LogP contribution >= 0.6 is 23.1 Å². The SMILES string of the molecule is Cc1c(Sc2nnc3ccc(/C(C=N)=C/N)nn23)ccc2ncsc12. The molecule has 0 saturated heterocycles. The molecule has 4 rings (SSSR count). The van der Waals surface area contributed by atoms with Crippen LogP contribution in [-0.2, 0) is 0 Å². The Balaban J connectivity index is 1.79. The van der Waals surface area contributed by atoms with Crippen molar-refractivity contribution in [2.45, 2.75) is 17.0 Å². The Morgan fingerprint density at radius 3 is 2.96 bits per heavy atom. The lowest BCUT2D eigenvalue weighted by Crippen LogP contribution is -2.01. The molecular weight excluding hydrogens is 354 g/mol. The van der Waals surface area contributed by atoms with Gasteiger partial charge in [0.15, 0.2) is 5.65 Å². The van der Waals surface area contributed by atoms with E-state index in [1.54, 1.807) is 21.9 Å². The van der Waals surface area contributed by atoms with Gasteiger partial charge in [-0.1, -0.05) is 0 Å². The number of nitrogens with zero attached hydrogens (tertiary/aromatic N) is 5. The third-order valence-corrected chi connectivity index (χ3v) is 5.83. The van der Waals surface area contributed by atoms with Gasteiger partial charge in [-0.05, 0) is 48.5 Å². The summed E-state index contributed by atoms with van der Waals surface area (Å²) in [6.07, 6.45) is 2.54. The molecule has 0 spiro atoms. The van der Waals surface area contributed by atoms with Gasteiger partial charge in [0.05, 0.1) is 21.4 Å². The van der Waals surface area contributed by atoms with Gasteiger partial charge in [-0.2, -0.15) is 9.61 Å². The average molecular weight is 367 g/mol. The first-order valence-corrected chi connectivity index (χ1v) is 9.06. The van der Waals surface area contributed by atoms with E-state index in [4.69, 9.17) is 11.1 Å². The van der Waals surface area contributed by atoms with Gasteiger partial charge in [0.1, 0.15) is 0 Å². The molecule has 0 bridgehead atoms. The summed E-state index contributed by atoms with van der Waals surface area (Å²) in [5, 5.41) is 21.0. The lowest BCUT2D eigenvalue weighted by Gasteiger charge is -2.05. The molecular formula is C16H13N7S2. The minimum Gasteiger partial charge on any atom is -0.404 e. The first-order chi connectivity index (χ1) is 12.2. The zero-order chi connectivity index (χ0) is 17.4. The highest BCUT2D eigenvalue weighted by atomic mass is 32.2. The molecule has 3 heterocycles. The molecule has 3 N–H and O–H groups in total. The zero-order valence-corrected chi connectivity index (χ0v) is 14.8. The van der Waals surface area contributed by atoms with Crippen molar-refractivity contribution in [3.05, 3.63) is 47.2 Å². The van der Waals surface area contributed by atoms with Crippen LogP contribution in [0.5, 0.6) is 0 Å². The van der Waals surface area contributed by atoms with Crippen molar-refractivity contribution in [2.75, 3.05) is 0 Å². The standard InChI is InChI=1S/C16H13N7S2/c1-9-13(4-2-12-15(9)24-8-19-12)25-16-21-20-14-5-3-11(22-23(14)16)10(6-17)7-18/h2-8,17H,18H2,1H3/b10-7+,17-6?. The van der Waals surface area contributed by atoms with Gasteiger partial charge >= 0.3 is 0 Å². The minimum atomic E-state index is 0.536. The van der Waals surface area contributed by atoms with Crippen LogP contribution in [0, 0.1) is 12.3 Å². The van der Waals surface area contributed by atoms with E-state index in [2.05, 4.69) is 27.2 Å². The number of hydrogen-bond donors (Lipinski definition) is 2. The van der Waals surface area contributed by atoms with Gasteiger partial charge in [-0.3, -0.25) is 0 Å². The normalized spacial score (nSPS) is 12.1. The monoisotopic (exact) mass is 367 g/mol. The molecule has 0 fully saturated rings. The maximum Gasteiger partial charge on any atom is 0.217 e. The number of allylic oxidation sites excluding steroid dienone is 1. The summed E-state index contributed by atoms with van der Waals surface area (Å²) < 4.78 is 2.84. The average Bonchev–Trinajstić information content (AvgIpc) is 3.26. The molecule has 124 valence electrons. The van der Waals surface area contributed by atoms with Crippen LogP contribution in [0.3, 0.4) is 0 Å². The lowest BCUT2D eigenvalue weighted by molar-refractivity contribution is 0.803. The molecule has 0 saturated carbocycles. The molecule has 9 heteroatoms. The first-order valence-electron chi connectivity index (χ1n) is 7.37. The van der Waals surface area contributed by atoms with Gasteiger partial charge in [0, 0.05) is 22.9 Å². The Labute approximate surface area is 151 Å². The van der Waals surface area contributed by atoms with Gasteiger partial charge in [0.2, 0.25) is 5.16 Å². The molecule has 0 radical (unpaired) electrons. The lowest BCUT2D eigenvalue weighted by atomic mass is 10.2. The topological polar surface area (TPSA) is 106 Å². The highest BCUT2D eigenvalue weighted by Crippen LogP contribution is 2.34.